The molecular weight excluding hydrogens is 699 g/mol. The summed E-state index contributed by atoms with van der Waals surface area (Å²) in [5, 5.41) is 7.60. The Hall–Kier alpha value is -7.48. The molecule has 0 radical (unpaired) electrons. The second kappa shape index (κ2) is 11.8. The van der Waals surface area contributed by atoms with Crippen molar-refractivity contribution >= 4 is 43.4 Å². The molecule has 0 saturated carbocycles. The summed E-state index contributed by atoms with van der Waals surface area (Å²) in [6.45, 7) is 0. The Balaban J connectivity index is 1.14. The second-order valence-corrected chi connectivity index (χ2v) is 16.0. The van der Waals surface area contributed by atoms with Crippen molar-refractivity contribution in [2.45, 2.75) is 5.41 Å². The van der Waals surface area contributed by atoms with Gasteiger partial charge in [-0.15, -0.1) is 0 Å². The van der Waals surface area contributed by atoms with Gasteiger partial charge in [0.2, 0.25) is 0 Å². The molecule has 0 unspecified atom stereocenters. The molecule has 0 N–H and O–H groups in total. The minimum absolute atomic E-state index is 0.508. The lowest BCUT2D eigenvalue weighted by molar-refractivity contribution is 0.795. The lowest BCUT2D eigenvalue weighted by Crippen LogP contribution is -2.26. The first kappa shape index (κ1) is 31.7. The molecule has 11 aromatic rings. The third-order valence-corrected chi connectivity index (χ3v) is 13.2. The summed E-state index contributed by atoms with van der Waals surface area (Å²) in [6, 6.07) is 79.5. The molecule has 0 aliphatic heterocycles. The number of benzene rings is 10. The SMILES string of the molecule is c1ccc(-c2ccc3c(c2)C2(c4ccccc4-c4cc5c(cc42)c2ccccc2n5-c2ccc4ccc5ccccc5c4c2)c2cc(-c4ccccc4)ccc2-3)cc1. The maximum atomic E-state index is 2.56. The van der Waals surface area contributed by atoms with Crippen LogP contribution in [0, 0.1) is 0 Å². The summed E-state index contributed by atoms with van der Waals surface area (Å²) < 4.78 is 2.50. The maximum absolute atomic E-state index is 2.56. The molecule has 0 bridgehead atoms. The van der Waals surface area contributed by atoms with Gasteiger partial charge >= 0.3 is 0 Å². The van der Waals surface area contributed by atoms with Crippen LogP contribution in [-0.2, 0) is 5.41 Å². The molecule has 2 aliphatic carbocycles. The van der Waals surface area contributed by atoms with Crippen molar-refractivity contribution in [2.24, 2.45) is 0 Å². The number of hydrogen-bond donors (Lipinski definition) is 0. The second-order valence-electron chi connectivity index (χ2n) is 16.0. The van der Waals surface area contributed by atoms with Crippen LogP contribution < -0.4 is 0 Å². The van der Waals surface area contributed by atoms with E-state index in [4.69, 9.17) is 0 Å². The number of para-hydroxylation sites is 1. The van der Waals surface area contributed by atoms with Crippen molar-refractivity contribution < 1.29 is 0 Å². The molecule has 10 aromatic carbocycles. The van der Waals surface area contributed by atoms with Crippen LogP contribution in [0.1, 0.15) is 22.3 Å². The third-order valence-electron chi connectivity index (χ3n) is 13.2. The predicted octanol–water partition coefficient (Wildman–Crippen LogP) is 14.8. The summed E-state index contributed by atoms with van der Waals surface area (Å²) in [4.78, 5) is 0. The lowest BCUT2D eigenvalue weighted by Gasteiger charge is -2.31. The third kappa shape index (κ3) is 4.20. The molecular formula is C57H35N. The van der Waals surface area contributed by atoms with Gasteiger partial charge in [0.15, 0.2) is 0 Å². The van der Waals surface area contributed by atoms with E-state index in [2.05, 4.69) is 217 Å². The van der Waals surface area contributed by atoms with Gasteiger partial charge in [0.1, 0.15) is 0 Å². The summed E-state index contributed by atoms with van der Waals surface area (Å²) in [7, 11) is 0. The lowest BCUT2D eigenvalue weighted by atomic mass is 9.69. The van der Waals surface area contributed by atoms with Crippen LogP contribution in [0.4, 0.5) is 0 Å². The van der Waals surface area contributed by atoms with Gasteiger partial charge in [-0.2, -0.15) is 0 Å². The van der Waals surface area contributed by atoms with Crippen LogP contribution in [0.3, 0.4) is 0 Å². The Morgan fingerprint density at radius 2 is 0.828 bits per heavy atom. The quantitative estimate of drug-likeness (QED) is 0.159. The fourth-order valence-electron chi connectivity index (χ4n) is 10.7. The van der Waals surface area contributed by atoms with E-state index >= 15 is 0 Å². The zero-order chi connectivity index (χ0) is 38.0. The zero-order valence-electron chi connectivity index (χ0n) is 31.7. The van der Waals surface area contributed by atoms with Crippen LogP contribution in [0.25, 0.3) is 93.5 Å². The molecule has 0 amide bonds. The van der Waals surface area contributed by atoms with Gasteiger partial charge in [-0.3, -0.25) is 0 Å². The van der Waals surface area contributed by atoms with E-state index in [1.165, 1.54) is 116 Å². The highest BCUT2D eigenvalue weighted by Gasteiger charge is 2.52. The number of nitrogens with zero attached hydrogens (tertiary/aromatic N) is 1. The molecule has 0 saturated heterocycles. The van der Waals surface area contributed by atoms with Gasteiger partial charge in [-0.05, 0) is 131 Å². The van der Waals surface area contributed by atoms with E-state index in [9.17, 15) is 0 Å². The molecule has 1 aromatic heterocycles. The largest absolute Gasteiger partial charge is 0.309 e. The van der Waals surface area contributed by atoms with E-state index in [-0.39, 0.29) is 0 Å². The first-order valence-corrected chi connectivity index (χ1v) is 20.3. The fourth-order valence-corrected chi connectivity index (χ4v) is 10.7. The summed E-state index contributed by atoms with van der Waals surface area (Å²) in [6.07, 6.45) is 0. The topological polar surface area (TPSA) is 4.93 Å². The highest BCUT2D eigenvalue weighted by Crippen LogP contribution is 2.64. The normalized spacial score (nSPS) is 13.3. The number of rotatable bonds is 3. The highest BCUT2D eigenvalue weighted by molar-refractivity contribution is 6.13. The minimum atomic E-state index is -0.508. The van der Waals surface area contributed by atoms with Gasteiger partial charge < -0.3 is 4.57 Å². The molecule has 58 heavy (non-hydrogen) atoms. The molecule has 268 valence electrons. The Kier molecular flexibility index (Phi) is 6.43. The summed E-state index contributed by atoms with van der Waals surface area (Å²) in [5.41, 5.74) is 18.7. The van der Waals surface area contributed by atoms with Gasteiger partial charge in [-0.25, -0.2) is 0 Å². The smallest absolute Gasteiger partial charge is 0.0726 e. The molecule has 1 spiro atoms. The number of fused-ring (bicyclic) bond motifs is 16. The van der Waals surface area contributed by atoms with Crippen molar-refractivity contribution in [3.8, 4) is 50.2 Å². The average Bonchev–Trinajstić information content (AvgIpc) is 3.89. The van der Waals surface area contributed by atoms with Gasteiger partial charge in [-0.1, -0.05) is 170 Å². The Labute approximate surface area is 336 Å². The van der Waals surface area contributed by atoms with E-state index in [0.717, 1.165) is 0 Å². The van der Waals surface area contributed by atoms with Crippen molar-refractivity contribution in [1.29, 1.82) is 0 Å². The number of hydrogen-bond acceptors (Lipinski definition) is 0. The van der Waals surface area contributed by atoms with Gasteiger partial charge in [0.05, 0.1) is 16.4 Å². The van der Waals surface area contributed by atoms with Gasteiger partial charge in [0, 0.05) is 16.5 Å². The van der Waals surface area contributed by atoms with Crippen LogP contribution >= 0.6 is 0 Å². The van der Waals surface area contributed by atoms with E-state index in [1.807, 2.05) is 0 Å². The Morgan fingerprint density at radius 3 is 1.55 bits per heavy atom. The van der Waals surface area contributed by atoms with E-state index < -0.39 is 5.41 Å². The fraction of sp³-hybridized carbons (Fsp3) is 0.0175. The molecule has 1 heteroatoms. The van der Waals surface area contributed by atoms with Crippen LogP contribution in [0.5, 0.6) is 0 Å². The zero-order valence-corrected chi connectivity index (χ0v) is 31.7. The summed E-state index contributed by atoms with van der Waals surface area (Å²) >= 11 is 0. The molecule has 0 atom stereocenters. The van der Waals surface area contributed by atoms with Gasteiger partial charge in [0.25, 0.3) is 0 Å². The Bertz CT molecular complexity index is 3410. The summed E-state index contributed by atoms with van der Waals surface area (Å²) in [5.74, 6) is 0. The van der Waals surface area contributed by atoms with Crippen molar-refractivity contribution in [1.82, 2.24) is 4.57 Å². The Morgan fingerprint density at radius 1 is 0.276 bits per heavy atom. The monoisotopic (exact) mass is 733 g/mol. The number of aromatic nitrogens is 1. The molecule has 1 nitrogen and oxygen atoms in total. The highest BCUT2D eigenvalue weighted by atomic mass is 15.0. The molecule has 0 fully saturated rings. The van der Waals surface area contributed by atoms with Crippen LogP contribution in [0.2, 0.25) is 0 Å². The van der Waals surface area contributed by atoms with E-state index in [1.54, 1.807) is 0 Å². The van der Waals surface area contributed by atoms with Crippen LogP contribution in [-0.4, -0.2) is 4.57 Å². The predicted molar refractivity (Wildman–Crippen MR) is 243 cm³/mol. The molecule has 13 rings (SSSR count). The van der Waals surface area contributed by atoms with Crippen LogP contribution in [0.15, 0.2) is 212 Å². The average molecular weight is 734 g/mol. The minimum Gasteiger partial charge on any atom is -0.309 e. The first-order chi connectivity index (χ1) is 28.8. The van der Waals surface area contributed by atoms with Crippen molar-refractivity contribution in [3.05, 3.63) is 235 Å². The molecule has 2 aliphatic rings. The van der Waals surface area contributed by atoms with Crippen molar-refractivity contribution in [3.63, 3.8) is 0 Å². The maximum Gasteiger partial charge on any atom is 0.0726 e. The molecule has 1 heterocycles. The standard InChI is InChI=1S/C57H35N/c1-3-13-36(14-4-1)40-26-29-45-46-30-27-41(37-15-5-2-6-16-37)32-53(46)57(52(45)31-40)51-21-11-9-19-44(51)49-35-56-50(34-54(49)57)47-20-10-12-22-55(47)58(56)42-28-25-39-24-23-38-17-7-8-18-43(38)48(39)33-42/h1-35H. The van der Waals surface area contributed by atoms with Crippen molar-refractivity contribution in [2.75, 3.05) is 0 Å². The van der Waals surface area contributed by atoms with E-state index in [0.29, 0.717) is 0 Å². The first-order valence-electron chi connectivity index (χ1n) is 20.3.